The van der Waals surface area contributed by atoms with Crippen molar-refractivity contribution in [3.63, 3.8) is 0 Å². The van der Waals surface area contributed by atoms with Gasteiger partial charge in [-0.25, -0.2) is 0 Å². The van der Waals surface area contributed by atoms with Crippen molar-refractivity contribution in [3.8, 4) is 5.75 Å². The second-order valence-corrected chi connectivity index (χ2v) is 24.5. The van der Waals surface area contributed by atoms with Crippen molar-refractivity contribution in [1.82, 2.24) is 40.6 Å². The number of nitrogens with zero attached hydrogens (tertiary/aromatic N) is 5. The molecule has 0 radical (unpaired) electrons. The summed E-state index contributed by atoms with van der Waals surface area (Å²) < 4.78 is 56.9. The summed E-state index contributed by atoms with van der Waals surface area (Å²) in [5.74, 6) is -1.20. The molecule has 24 nitrogen and oxygen atoms in total. The monoisotopic (exact) mass is 1240 g/mol. The van der Waals surface area contributed by atoms with E-state index in [1.54, 1.807) is 5.06 Å². The smallest absolute Gasteiger partial charge is 0.325 e. The number of hydroxylamine groups is 2. The molecule has 0 aliphatic carbocycles. The molecule has 2 heterocycles. The summed E-state index contributed by atoms with van der Waals surface area (Å²) in [6, 6.07) is 4.77. The Morgan fingerprint density at radius 3 is 1.22 bits per heavy atom. The lowest BCUT2D eigenvalue weighted by molar-refractivity contribution is -0.190. The fraction of sp³-hybridized carbons (Fsp3) is 0.825. The van der Waals surface area contributed by atoms with Gasteiger partial charge >= 0.3 is 29.8 Å². The third-order valence-corrected chi connectivity index (χ3v) is 14.3. The van der Waals surface area contributed by atoms with Gasteiger partial charge in [-0.1, -0.05) is 25.5 Å². The number of ether oxygens (including phenoxy) is 10. The van der Waals surface area contributed by atoms with Crippen molar-refractivity contribution in [3.05, 3.63) is 29.8 Å². The molecular weight excluding hydrogens is 1120 g/mol. The van der Waals surface area contributed by atoms with Crippen LogP contribution in [0.1, 0.15) is 114 Å². The summed E-state index contributed by atoms with van der Waals surface area (Å²) in [7, 11) is 5.43. The first-order valence-electron chi connectivity index (χ1n) is 31.5. The maximum absolute atomic E-state index is 13.9. The second-order valence-electron chi connectivity index (χ2n) is 24.5. The van der Waals surface area contributed by atoms with Gasteiger partial charge in [0.15, 0.2) is 0 Å². The van der Waals surface area contributed by atoms with Gasteiger partial charge in [0.25, 0.3) is 0 Å². The number of unbranched alkanes of at least 4 members (excludes halogenated alkanes) is 1. The highest BCUT2D eigenvalue weighted by atomic mass is 16.7. The molecule has 504 valence electrons. The summed E-state index contributed by atoms with van der Waals surface area (Å²) >= 11 is 0. The summed E-state index contributed by atoms with van der Waals surface area (Å²) in [6.45, 7) is 33.4. The van der Waals surface area contributed by atoms with E-state index in [1.807, 2.05) is 108 Å². The van der Waals surface area contributed by atoms with Gasteiger partial charge in [0.1, 0.15) is 36.5 Å². The molecule has 2 fully saturated rings. The van der Waals surface area contributed by atoms with Crippen molar-refractivity contribution in [1.29, 1.82) is 0 Å². The lowest BCUT2D eigenvalue weighted by Gasteiger charge is -2.41. The Labute approximate surface area is 522 Å². The topological polar surface area (TPSA) is 239 Å². The fourth-order valence-corrected chi connectivity index (χ4v) is 9.35. The van der Waals surface area contributed by atoms with Crippen LogP contribution in [0.25, 0.3) is 0 Å². The van der Waals surface area contributed by atoms with Crippen LogP contribution in [-0.4, -0.2) is 281 Å². The molecule has 1 aromatic rings. The van der Waals surface area contributed by atoms with Gasteiger partial charge in [-0.3, -0.25) is 43.6 Å². The molecule has 2 aliphatic heterocycles. The number of carbonyl (C=O) groups is 5. The molecule has 1 aromatic carbocycles. The predicted molar refractivity (Wildman–Crippen MR) is 335 cm³/mol. The van der Waals surface area contributed by atoms with Gasteiger partial charge < -0.3 is 68.2 Å². The quantitative estimate of drug-likeness (QED) is 0.0561. The van der Waals surface area contributed by atoms with Crippen LogP contribution >= 0.6 is 0 Å². The van der Waals surface area contributed by atoms with Crippen LogP contribution in [0.5, 0.6) is 5.75 Å². The molecule has 3 rings (SSSR count). The highest BCUT2D eigenvalue weighted by molar-refractivity contribution is 5.77. The number of nitrogens with one attached hydrogen (secondary N) is 3. The van der Waals surface area contributed by atoms with E-state index in [1.165, 1.54) is 28.4 Å². The van der Waals surface area contributed by atoms with E-state index < -0.39 is 64.8 Å². The number of carbonyl (C=O) groups excluding carboxylic acids is 5. The maximum atomic E-state index is 13.9. The fourth-order valence-electron chi connectivity index (χ4n) is 9.35. The number of benzene rings is 1. The number of esters is 4. The molecule has 4 atom stereocenters. The highest BCUT2D eigenvalue weighted by Crippen LogP contribution is 2.21. The Bertz CT molecular complexity index is 1960. The lowest BCUT2D eigenvalue weighted by atomic mass is 10.0. The zero-order valence-electron chi connectivity index (χ0n) is 56.1. The zero-order chi connectivity index (χ0) is 64.7. The van der Waals surface area contributed by atoms with Crippen molar-refractivity contribution < 1.29 is 76.2 Å². The molecule has 0 unspecified atom stereocenters. The zero-order valence-corrected chi connectivity index (χ0v) is 56.1. The molecule has 2 saturated heterocycles. The van der Waals surface area contributed by atoms with E-state index in [-0.39, 0.29) is 38.9 Å². The Hall–Kier alpha value is -4.15. The highest BCUT2D eigenvalue weighted by Gasteiger charge is 2.37. The molecule has 87 heavy (non-hydrogen) atoms. The van der Waals surface area contributed by atoms with E-state index in [2.05, 4.69) is 27.8 Å². The second kappa shape index (κ2) is 44.3. The first kappa shape index (κ1) is 78.9. The van der Waals surface area contributed by atoms with Gasteiger partial charge in [0, 0.05) is 118 Å². The number of aryl methyl sites for hydroxylation is 1. The van der Waals surface area contributed by atoms with E-state index in [0.29, 0.717) is 98.0 Å². The van der Waals surface area contributed by atoms with Gasteiger partial charge in [0.2, 0.25) is 0 Å². The average molecular weight is 1240 g/mol. The first-order chi connectivity index (χ1) is 41.4. The molecule has 3 N–H and O–H groups in total. The minimum Gasteiger partial charge on any atom is -0.491 e. The first-order valence-corrected chi connectivity index (χ1v) is 31.5. The minimum absolute atomic E-state index is 0.0367. The Morgan fingerprint density at radius 1 is 0.471 bits per heavy atom. The summed E-state index contributed by atoms with van der Waals surface area (Å²) in [4.78, 5) is 80.0. The molecule has 0 aromatic heterocycles. The van der Waals surface area contributed by atoms with Crippen LogP contribution in [0.15, 0.2) is 24.3 Å². The number of rotatable bonds is 30. The third kappa shape index (κ3) is 35.7. The Balaban J connectivity index is 0.00000115. The number of hydrogen-bond donors (Lipinski definition) is 3. The molecule has 0 bridgehead atoms. The summed E-state index contributed by atoms with van der Waals surface area (Å²) in [5.41, 5.74) is -0.594. The SMILES string of the molecule is CCCCC(=O)ON1CCNCCNCCNCC1.CCOCCOCCOc1ccc(CCC[C@@H](C(=O)OC)N2CCN([C@@H](COC(C)(C)C)C(=O)OC)CCN([C@@H](COC(C)(C)C)C(=O)OC)CCN([C@@H](COC(C)(C)C)C(=O)OC)CC2)cc1. The molecular formula is C63H116N8O16. The van der Waals surface area contributed by atoms with Crippen molar-refractivity contribution in [2.45, 2.75) is 156 Å². The van der Waals surface area contributed by atoms with Crippen LogP contribution in [0, 0.1) is 0 Å². The predicted octanol–water partition coefficient (Wildman–Crippen LogP) is 3.99. The largest absolute Gasteiger partial charge is 0.491 e. The van der Waals surface area contributed by atoms with Crippen LogP contribution in [0.2, 0.25) is 0 Å². The van der Waals surface area contributed by atoms with Crippen LogP contribution in [0.3, 0.4) is 0 Å². The van der Waals surface area contributed by atoms with E-state index in [4.69, 9.17) is 52.2 Å². The average Bonchev–Trinajstić information content (AvgIpc) is 2.91. The van der Waals surface area contributed by atoms with Gasteiger partial charge in [-0.2, -0.15) is 0 Å². The van der Waals surface area contributed by atoms with Crippen molar-refractivity contribution in [2.75, 3.05) is 186 Å². The lowest BCUT2D eigenvalue weighted by Crippen LogP contribution is -2.58. The Morgan fingerprint density at radius 2 is 0.839 bits per heavy atom. The molecule has 0 spiro atoms. The molecule has 2 aliphatic rings. The summed E-state index contributed by atoms with van der Waals surface area (Å²) in [6.07, 6.45) is 4.25. The van der Waals surface area contributed by atoms with Crippen molar-refractivity contribution >= 4 is 29.8 Å². The summed E-state index contributed by atoms with van der Waals surface area (Å²) in [5, 5.41) is 11.8. The Kier molecular flexibility index (Phi) is 40.2. The van der Waals surface area contributed by atoms with Crippen LogP contribution < -0.4 is 20.7 Å². The van der Waals surface area contributed by atoms with Gasteiger partial charge in [0.05, 0.1) is 84.9 Å². The van der Waals surface area contributed by atoms with Crippen LogP contribution in [-0.2, 0) is 77.9 Å². The minimum atomic E-state index is -0.824. The van der Waals surface area contributed by atoms with Gasteiger partial charge in [-0.15, -0.1) is 5.06 Å². The van der Waals surface area contributed by atoms with E-state index in [9.17, 15) is 24.0 Å². The van der Waals surface area contributed by atoms with Crippen LogP contribution in [0.4, 0.5) is 0 Å². The molecule has 0 amide bonds. The normalized spacial score (nSPS) is 18.1. The number of methoxy groups -OCH3 is 4. The van der Waals surface area contributed by atoms with E-state index >= 15 is 0 Å². The standard InChI is InChI=1S/C50H88N4O14.C13H28N4O2/c1-15-63-31-32-64-33-34-65-39-21-19-38(20-22-39)17-16-18-40(44(55)59-11)51-23-25-52(41(45(56)60-12)35-66-48(2,3)4)27-29-54(43(47(58)62-14)37-68-50(8,9)10)30-28-53(26-24-51)42(46(57)61-13)36-67-49(5,6)7;1-2-3-4-13(18)19-17-11-9-15-7-5-14-6-8-16-10-12-17/h19-22,40-43H,15-18,23-37H2,1-14H3;14-16H,2-12H2,1H3/t40-,41-,42-,43-;/m0./s1. The van der Waals surface area contributed by atoms with Gasteiger partial charge in [-0.05, 0) is 113 Å². The van der Waals surface area contributed by atoms with Crippen molar-refractivity contribution in [2.24, 2.45) is 0 Å². The number of hydrogen-bond acceptors (Lipinski definition) is 24. The van der Waals surface area contributed by atoms with E-state index in [0.717, 1.165) is 76.5 Å². The maximum Gasteiger partial charge on any atom is 0.325 e. The molecule has 24 heteroatoms. The third-order valence-electron chi connectivity index (χ3n) is 14.3. The molecule has 0 saturated carbocycles.